The van der Waals surface area contributed by atoms with Gasteiger partial charge in [-0.3, -0.25) is 9.59 Å². The molecular weight excluding hydrogens is 395 g/mol. The summed E-state index contributed by atoms with van der Waals surface area (Å²) in [5.41, 5.74) is 1.63. The van der Waals surface area contributed by atoms with Crippen molar-refractivity contribution in [2.75, 3.05) is 10.6 Å². The van der Waals surface area contributed by atoms with Gasteiger partial charge in [0.05, 0.1) is 11.6 Å². The van der Waals surface area contributed by atoms with Crippen molar-refractivity contribution in [3.05, 3.63) is 96.0 Å². The molecule has 0 spiro atoms. The van der Waals surface area contributed by atoms with Crippen molar-refractivity contribution in [2.45, 2.75) is 19.3 Å². The van der Waals surface area contributed by atoms with E-state index in [1.165, 1.54) is 18.2 Å². The first-order valence-corrected chi connectivity index (χ1v) is 10.0. The molecule has 4 aromatic rings. The minimum Gasteiger partial charge on any atom is -0.449 e. The fourth-order valence-corrected chi connectivity index (χ4v) is 3.54. The van der Waals surface area contributed by atoms with Crippen molar-refractivity contribution >= 4 is 34.2 Å². The number of benzene rings is 3. The lowest BCUT2D eigenvalue weighted by Gasteiger charge is -2.15. The maximum absolute atomic E-state index is 14.0. The zero-order chi connectivity index (χ0) is 21.8. The van der Waals surface area contributed by atoms with Crippen LogP contribution in [0.25, 0.3) is 11.0 Å². The molecule has 3 aromatic carbocycles. The van der Waals surface area contributed by atoms with Crippen LogP contribution in [-0.4, -0.2) is 11.8 Å². The van der Waals surface area contributed by atoms with E-state index < -0.39 is 17.6 Å². The van der Waals surface area contributed by atoms with E-state index in [0.717, 1.165) is 5.56 Å². The Morgan fingerprint density at radius 1 is 0.903 bits per heavy atom. The highest BCUT2D eigenvalue weighted by molar-refractivity contribution is 6.15. The minimum absolute atomic E-state index is 0.0287. The number of hydrogen-bond donors (Lipinski definition) is 2. The molecule has 31 heavy (non-hydrogen) atoms. The van der Waals surface area contributed by atoms with E-state index in [1.54, 1.807) is 30.3 Å². The summed E-state index contributed by atoms with van der Waals surface area (Å²) in [4.78, 5) is 26.1. The fourth-order valence-electron chi connectivity index (χ4n) is 3.54. The van der Waals surface area contributed by atoms with Crippen LogP contribution in [0.5, 0.6) is 0 Å². The summed E-state index contributed by atoms with van der Waals surface area (Å²) in [5.74, 6) is -1.93. The number of rotatable bonds is 6. The smallest absolute Gasteiger partial charge is 0.293 e. The molecule has 1 aromatic heterocycles. The van der Waals surface area contributed by atoms with Crippen LogP contribution in [0.3, 0.4) is 0 Å². The van der Waals surface area contributed by atoms with Gasteiger partial charge in [-0.25, -0.2) is 4.39 Å². The van der Waals surface area contributed by atoms with Crippen LogP contribution in [0.4, 0.5) is 15.8 Å². The van der Waals surface area contributed by atoms with Gasteiger partial charge in [-0.1, -0.05) is 61.5 Å². The molecule has 1 atom stereocenters. The molecule has 0 unspecified atom stereocenters. The molecule has 0 saturated heterocycles. The highest BCUT2D eigenvalue weighted by Crippen LogP contribution is 2.33. The van der Waals surface area contributed by atoms with Crippen LogP contribution in [0.2, 0.25) is 0 Å². The monoisotopic (exact) mass is 416 g/mol. The Balaban J connectivity index is 1.69. The highest BCUT2D eigenvalue weighted by atomic mass is 19.1. The lowest BCUT2D eigenvalue weighted by atomic mass is 9.95. The van der Waals surface area contributed by atoms with Crippen LogP contribution in [0.1, 0.15) is 35.4 Å². The third kappa shape index (κ3) is 4.19. The van der Waals surface area contributed by atoms with Crippen LogP contribution in [-0.2, 0) is 4.79 Å². The normalized spacial score (nSPS) is 11.8. The molecule has 0 saturated carbocycles. The van der Waals surface area contributed by atoms with Gasteiger partial charge >= 0.3 is 0 Å². The molecule has 0 fully saturated rings. The zero-order valence-corrected chi connectivity index (χ0v) is 16.9. The van der Waals surface area contributed by atoms with E-state index in [-0.39, 0.29) is 23.0 Å². The summed E-state index contributed by atoms with van der Waals surface area (Å²) in [5, 5.41) is 5.99. The number of carbonyl (C=O) groups excluding carboxylic acids is 2. The second kappa shape index (κ2) is 8.83. The summed E-state index contributed by atoms with van der Waals surface area (Å²) in [6, 6.07) is 22.3. The van der Waals surface area contributed by atoms with Gasteiger partial charge < -0.3 is 15.1 Å². The number of fused-ring (bicyclic) bond motifs is 1. The number of halogens is 1. The van der Waals surface area contributed by atoms with Gasteiger partial charge in [0.1, 0.15) is 17.1 Å². The van der Waals surface area contributed by atoms with Gasteiger partial charge in [0.15, 0.2) is 0 Å². The van der Waals surface area contributed by atoms with E-state index in [2.05, 4.69) is 10.6 Å². The highest BCUT2D eigenvalue weighted by Gasteiger charge is 2.26. The number of hydrogen-bond acceptors (Lipinski definition) is 3. The first kappa shape index (κ1) is 20.3. The number of anilines is 2. The van der Waals surface area contributed by atoms with E-state index in [1.807, 2.05) is 37.3 Å². The molecular formula is C25H21FN2O3. The maximum Gasteiger partial charge on any atom is 0.293 e. The number of nitrogens with one attached hydrogen (secondary N) is 2. The SMILES string of the molecule is CC[C@H](C(=O)Nc1c(C(=O)Nc2ccccc2F)oc2ccccc12)c1ccccc1. The molecule has 4 rings (SSSR count). The summed E-state index contributed by atoms with van der Waals surface area (Å²) >= 11 is 0. The molecule has 156 valence electrons. The number of amides is 2. The van der Waals surface area contributed by atoms with Gasteiger partial charge in [-0.05, 0) is 36.2 Å². The maximum atomic E-state index is 14.0. The van der Waals surface area contributed by atoms with E-state index >= 15 is 0 Å². The van der Waals surface area contributed by atoms with Crippen molar-refractivity contribution in [3.8, 4) is 0 Å². The summed E-state index contributed by atoms with van der Waals surface area (Å²) in [6.07, 6.45) is 0.586. The van der Waals surface area contributed by atoms with Gasteiger partial charge in [0, 0.05) is 5.39 Å². The molecule has 0 aliphatic heterocycles. The lowest BCUT2D eigenvalue weighted by molar-refractivity contribution is -0.117. The number of furan rings is 1. The molecule has 0 aliphatic carbocycles. The Labute approximate surface area is 178 Å². The third-order valence-electron chi connectivity index (χ3n) is 5.10. The van der Waals surface area contributed by atoms with Crippen LogP contribution in [0.15, 0.2) is 83.3 Å². The van der Waals surface area contributed by atoms with E-state index in [4.69, 9.17) is 4.42 Å². The Morgan fingerprint density at radius 2 is 1.58 bits per heavy atom. The standard InChI is InChI=1S/C25H21FN2O3/c1-2-17(16-10-4-3-5-11-16)24(29)28-22-18-12-6-9-15-21(18)31-23(22)25(30)27-20-14-8-7-13-19(20)26/h3-15,17H,2H2,1H3,(H,27,30)(H,28,29)/t17-/m0/s1. The Hall–Kier alpha value is -3.93. The lowest BCUT2D eigenvalue weighted by Crippen LogP contribution is -2.22. The predicted molar refractivity (Wildman–Crippen MR) is 119 cm³/mol. The Bertz CT molecular complexity index is 1230. The molecule has 2 N–H and O–H groups in total. The molecule has 0 aliphatic rings. The minimum atomic E-state index is -0.649. The summed E-state index contributed by atoms with van der Waals surface area (Å²) in [6.45, 7) is 1.93. The van der Waals surface area contributed by atoms with Gasteiger partial charge in [-0.2, -0.15) is 0 Å². The van der Waals surface area contributed by atoms with Gasteiger partial charge in [0.25, 0.3) is 5.91 Å². The van der Waals surface area contributed by atoms with Crippen LogP contribution in [0, 0.1) is 5.82 Å². The van der Waals surface area contributed by atoms with Crippen molar-refractivity contribution in [2.24, 2.45) is 0 Å². The fraction of sp³-hybridized carbons (Fsp3) is 0.120. The summed E-state index contributed by atoms with van der Waals surface area (Å²) < 4.78 is 19.7. The first-order valence-electron chi connectivity index (χ1n) is 10.0. The van der Waals surface area contributed by atoms with Crippen molar-refractivity contribution < 1.29 is 18.4 Å². The molecule has 5 nitrogen and oxygen atoms in total. The van der Waals surface area contributed by atoms with Crippen molar-refractivity contribution in [1.29, 1.82) is 0 Å². The third-order valence-corrected chi connectivity index (χ3v) is 5.10. The average Bonchev–Trinajstić information content (AvgIpc) is 3.15. The van der Waals surface area contributed by atoms with Crippen molar-refractivity contribution in [3.63, 3.8) is 0 Å². The van der Waals surface area contributed by atoms with Crippen LogP contribution >= 0.6 is 0 Å². The topological polar surface area (TPSA) is 71.3 Å². The average molecular weight is 416 g/mol. The predicted octanol–water partition coefficient (Wildman–Crippen LogP) is 5.96. The quantitative estimate of drug-likeness (QED) is 0.408. The van der Waals surface area contributed by atoms with E-state index in [0.29, 0.717) is 17.4 Å². The number of carbonyl (C=O) groups is 2. The van der Waals surface area contributed by atoms with Gasteiger partial charge in [-0.15, -0.1) is 0 Å². The Morgan fingerprint density at radius 3 is 2.32 bits per heavy atom. The van der Waals surface area contributed by atoms with Crippen LogP contribution < -0.4 is 10.6 Å². The largest absolute Gasteiger partial charge is 0.449 e. The molecule has 0 bridgehead atoms. The molecule has 6 heteroatoms. The molecule has 0 radical (unpaired) electrons. The first-order chi connectivity index (χ1) is 15.1. The number of para-hydroxylation sites is 2. The zero-order valence-electron chi connectivity index (χ0n) is 16.9. The van der Waals surface area contributed by atoms with Crippen molar-refractivity contribution in [1.82, 2.24) is 0 Å². The summed E-state index contributed by atoms with van der Waals surface area (Å²) in [7, 11) is 0. The van der Waals surface area contributed by atoms with E-state index in [9.17, 15) is 14.0 Å². The van der Waals surface area contributed by atoms with Gasteiger partial charge in [0.2, 0.25) is 11.7 Å². The molecule has 1 heterocycles. The molecule has 2 amide bonds. The second-order valence-electron chi connectivity index (χ2n) is 7.10. The Kier molecular flexibility index (Phi) is 5.80. The second-order valence-corrected chi connectivity index (χ2v) is 7.10.